The Balaban J connectivity index is 3.01. The molecule has 0 aromatic heterocycles. The summed E-state index contributed by atoms with van der Waals surface area (Å²) < 4.78 is 0. The van der Waals surface area contributed by atoms with Gasteiger partial charge in [0, 0.05) is 12.8 Å². The summed E-state index contributed by atoms with van der Waals surface area (Å²) in [5.74, 6) is 1.10. The molecule has 0 aliphatic rings. The largest absolute Gasteiger partial charge is 0.300 e. The summed E-state index contributed by atoms with van der Waals surface area (Å²) >= 11 is 4.09. The molecule has 0 spiro atoms. The quantitative estimate of drug-likeness (QED) is 0.190. The van der Waals surface area contributed by atoms with E-state index in [0.717, 1.165) is 12.8 Å². The van der Waals surface area contributed by atoms with Gasteiger partial charge in [0.25, 0.3) is 0 Å². The van der Waals surface area contributed by atoms with Crippen LogP contribution < -0.4 is 0 Å². The number of carbonyl (C=O) groups excluding carboxylic acids is 1. The number of hydrogen-bond donors (Lipinski definition) is 1. The monoisotopic (exact) mass is 342 g/mol. The highest BCUT2D eigenvalue weighted by molar-refractivity contribution is 7.80. The van der Waals surface area contributed by atoms with Gasteiger partial charge in [-0.15, -0.1) is 0 Å². The van der Waals surface area contributed by atoms with Crippen molar-refractivity contribution in [2.24, 2.45) is 0 Å². The molecule has 0 aromatic rings. The summed E-state index contributed by atoms with van der Waals surface area (Å²) in [5.41, 5.74) is 0. The van der Waals surface area contributed by atoms with Crippen LogP contribution in [0.5, 0.6) is 0 Å². The molecule has 0 bridgehead atoms. The van der Waals surface area contributed by atoms with Gasteiger partial charge in [0.1, 0.15) is 5.78 Å². The van der Waals surface area contributed by atoms with Gasteiger partial charge in [-0.2, -0.15) is 12.6 Å². The van der Waals surface area contributed by atoms with Crippen molar-refractivity contribution in [3.8, 4) is 0 Å². The molecule has 0 saturated heterocycles. The molecule has 0 atom stereocenters. The van der Waals surface area contributed by atoms with Crippen molar-refractivity contribution in [2.45, 2.75) is 122 Å². The molecule has 0 rings (SSSR count). The lowest BCUT2D eigenvalue weighted by Gasteiger charge is -2.03. The molecular formula is C21H42OS. The number of thiol groups is 1. The first-order valence-electron chi connectivity index (χ1n) is 10.4. The van der Waals surface area contributed by atoms with E-state index in [0.29, 0.717) is 18.0 Å². The molecule has 0 heterocycles. The summed E-state index contributed by atoms with van der Waals surface area (Å²) in [4.78, 5) is 11.3. The summed E-state index contributed by atoms with van der Waals surface area (Å²) in [7, 11) is 0. The normalized spacial score (nSPS) is 11.0. The van der Waals surface area contributed by atoms with E-state index in [4.69, 9.17) is 0 Å². The predicted molar refractivity (Wildman–Crippen MR) is 108 cm³/mol. The van der Waals surface area contributed by atoms with Gasteiger partial charge >= 0.3 is 0 Å². The molecule has 0 aliphatic heterocycles. The Morgan fingerprint density at radius 3 is 1.26 bits per heavy atom. The van der Waals surface area contributed by atoms with E-state index in [1.54, 1.807) is 0 Å². The van der Waals surface area contributed by atoms with Gasteiger partial charge < -0.3 is 0 Å². The fraction of sp³-hybridized carbons (Fsp3) is 0.952. The average molecular weight is 343 g/mol. The minimum Gasteiger partial charge on any atom is -0.300 e. The number of ketones is 1. The number of carbonyl (C=O) groups is 1. The standard InChI is InChI=1S/C21H42OS/c1-2-3-4-5-6-7-8-9-10-11-12-13-14-15-16-17-18-21(22)19-20-23/h23H,2-20H2,1H3. The Morgan fingerprint density at radius 1 is 0.565 bits per heavy atom. The fourth-order valence-corrected chi connectivity index (χ4v) is 3.37. The number of Topliss-reactive ketones (excluding diaryl/α,β-unsaturated/α-hetero) is 1. The van der Waals surface area contributed by atoms with Crippen LogP contribution in [0.15, 0.2) is 0 Å². The second-order valence-corrected chi connectivity index (χ2v) is 7.51. The Kier molecular flexibility index (Phi) is 20.1. The number of rotatable bonds is 19. The third kappa shape index (κ3) is 20.0. The van der Waals surface area contributed by atoms with E-state index in [9.17, 15) is 4.79 Å². The molecule has 0 radical (unpaired) electrons. The van der Waals surface area contributed by atoms with E-state index < -0.39 is 0 Å². The summed E-state index contributed by atoms with van der Waals surface area (Å²) in [6.07, 6.45) is 23.6. The Hall–Kier alpha value is 0.0200. The lowest BCUT2D eigenvalue weighted by molar-refractivity contribution is -0.118. The van der Waals surface area contributed by atoms with E-state index >= 15 is 0 Å². The van der Waals surface area contributed by atoms with Crippen LogP contribution in [0.3, 0.4) is 0 Å². The maximum Gasteiger partial charge on any atom is 0.133 e. The molecule has 0 aliphatic carbocycles. The van der Waals surface area contributed by atoms with E-state index in [-0.39, 0.29) is 0 Å². The Bertz CT molecular complexity index is 240. The molecule has 0 saturated carbocycles. The van der Waals surface area contributed by atoms with Crippen LogP contribution in [0.1, 0.15) is 122 Å². The third-order valence-corrected chi connectivity index (χ3v) is 4.92. The maximum atomic E-state index is 11.3. The molecular weight excluding hydrogens is 300 g/mol. The van der Waals surface area contributed by atoms with E-state index in [1.165, 1.54) is 96.3 Å². The topological polar surface area (TPSA) is 17.1 Å². The van der Waals surface area contributed by atoms with Crippen molar-refractivity contribution in [1.82, 2.24) is 0 Å². The fourth-order valence-electron chi connectivity index (χ4n) is 3.12. The summed E-state index contributed by atoms with van der Waals surface area (Å²) in [5, 5.41) is 0. The van der Waals surface area contributed by atoms with Gasteiger partial charge in [-0.25, -0.2) is 0 Å². The van der Waals surface area contributed by atoms with Gasteiger partial charge in [-0.3, -0.25) is 4.79 Å². The molecule has 2 heteroatoms. The number of unbranched alkanes of at least 4 members (excludes halogenated alkanes) is 15. The third-order valence-electron chi connectivity index (χ3n) is 4.70. The van der Waals surface area contributed by atoms with Crippen LogP contribution in [0.4, 0.5) is 0 Å². The SMILES string of the molecule is CCCCCCCCCCCCCCCCCCC(=O)CCS. The zero-order valence-electron chi connectivity index (χ0n) is 15.8. The molecule has 1 nitrogen and oxygen atoms in total. The average Bonchev–Trinajstić information content (AvgIpc) is 2.54. The molecule has 0 unspecified atom stereocenters. The van der Waals surface area contributed by atoms with Gasteiger partial charge in [0.15, 0.2) is 0 Å². The highest BCUT2D eigenvalue weighted by atomic mass is 32.1. The minimum absolute atomic E-state index is 0.394. The second kappa shape index (κ2) is 20.1. The van der Waals surface area contributed by atoms with Crippen LogP contribution in [-0.2, 0) is 4.79 Å². The highest BCUT2D eigenvalue weighted by Crippen LogP contribution is 2.14. The van der Waals surface area contributed by atoms with E-state index in [2.05, 4.69) is 19.6 Å². The van der Waals surface area contributed by atoms with Crippen LogP contribution in [0.2, 0.25) is 0 Å². The Morgan fingerprint density at radius 2 is 0.913 bits per heavy atom. The summed E-state index contributed by atoms with van der Waals surface area (Å²) in [6.45, 7) is 2.28. The van der Waals surface area contributed by atoms with E-state index in [1.807, 2.05) is 0 Å². The zero-order chi connectivity index (χ0) is 17.0. The summed E-state index contributed by atoms with van der Waals surface area (Å²) in [6, 6.07) is 0. The predicted octanol–water partition coefficient (Wildman–Crippen LogP) is 7.53. The molecule has 0 N–H and O–H groups in total. The maximum absolute atomic E-state index is 11.3. The first kappa shape index (κ1) is 23.0. The second-order valence-electron chi connectivity index (χ2n) is 7.07. The van der Waals surface area contributed by atoms with Gasteiger partial charge in [0.2, 0.25) is 0 Å². The first-order valence-corrected chi connectivity index (χ1v) is 11.1. The first-order chi connectivity index (χ1) is 11.3. The van der Waals surface area contributed by atoms with Crippen molar-refractivity contribution in [3.63, 3.8) is 0 Å². The van der Waals surface area contributed by atoms with Gasteiger partial charge in [-0.1, -0.05) is 103 Å². The Labute approximate surface area is 151 Å². The molecule has 0 amide bonds. The van der Waals surface area contributed by atoms with Crippen molar-refractivity contribution in [1.29, 1.82) is 0 Å². The zero-order valence-corrected chi connectivity index (χ0v) is 16.7. The highest BCUT2D eigenvalue weighted by Gasteiger charge is 2.00. The van der Waals surface area contributed by atoms with Crippen LogP contribution in [-0.4, -0.2) is 11.5 Å². The van der Waals surface area contributed by atoms with Crippen LogP contribution >= 0.6 is 12.6 Å². The smallest absolute Gasteiger partial charge is 0.133 e. The van der Waals surface area contributed by atoms with Crippen LogP contribution in [0.25, 0.3) is 0 Å². The van der Waals surface area contributed by atoms with Crippen molar-refractivity contribution in [3.05, 3.63) is 0 Å². The van der Waals surface area contributed by atoms with Crippen molar-refractivity contribution in [2.75, 3.05) is 5.75 Å². The molecule has 0 fully saturated rings. The van der Waals surface area contributed by atoms with Crippen molar-refractivity contribution < 1.29 is 4.79 Å². The minimum atomic E-state index is 0.394. The number of hydrogen-bond acceptors (Lipinski definition) is 2. The lowest BCUT2D eigenvalue weighted by atomic mass is 10.0. The lowest BCUT2D eigenvalue weighted by Crippen LogP contribution is -1.97. The van der Waals surface area contributed by atoms with Crippen molar-refractivity contribution >= 4 is 18.4 Å². The van der Waals surface area contributed by atoms with Gasteiger partial charge in [-0.05, 0) is 12.2 Å². The molecule has 138 valence electrons. The van der Waals surface area contributed by atoms with Crippen LogP contribution in [0, 0.1) is 0 Å². The molecule has 0 aromatic carbocycles. The van der Waals surface area contributed by atoms with Gasteiger partial charge in [0.05, 0.1) is 0 Å². The molecule has 23 heavy (non-hydrogen) atoms.